The minimum atomic E-state index is 0.608. The highest BCUT2D eigenvalue weighted by atomic mass is 15.3. The van der Waals surface area contributed by atoms with Crippen LogP contribution in [0.3, 0.4) is 0 Å². The van der Waals surface area contributed by atoms with Crippen molar-refractivity contribution in [2.24, 2.45) is 5.73 Å². The molecule has 1 heterocycles. The van der Waals surface area contributed by atoms with Crippen LogP contribution >= 0.6 is 0 Å². The lowest BCUT2D eigenvalue weighted by molar-refractivity contribution is 0.349. The lowest BCUT2D eigenvalue weighted by Gasteiger charge is -2.13. The fourth-order valence-corrected chi connectivity index (χ4v) is 1.96. The number of nitrogens with zero attached hydrogens (tertiary/aromatic N) is 3. The molecule has 4 heteroatoms. The molecule has 0 aliphatic heterocycles. The maximum atomic E-state index is 5.56. The molecule has 0 fully saturated rings. The molecule has 1 aromatic carbocycles. The molecule has 0 atom stereocenters. The first-order valence-corrected chi connectivity index (χ1v) is 6.63. The van der Waals surface area contributed by atoms with Crippen LogP contribution in [0.15, 0.2) is 36.7 Å². The molecule has 4 nitrogen and oxygen atoms in total. The van der Waals surface area contributed by atoms with Gasteiger partial charge in [-0.1, -0.05) is 24.3 Å². The summed E-state index contributed by atoms with van der Waals surface area (Å²) in [4.78, 5) is 2.11. The van der Waals surface area contributed by atoms with Gasteiger partial charge in [0.2, 0.25) is 0 Å². The maximum absolute atomic E-state index is 5.56. The van der Waals surface area contributed by atoms with E-state index in [9.17, 15) is 0 Å². The van der Waals surface area contributed by atoms with E-state index in [-0.39, 0.29) is 0 Å². The Kier molecular flexibility index (Phi) is 4.71. The summed E-state index contributed by atoms with van der Waals surface area (Å²) in [5.74, 6) is 0. The molecule has 0 amide bonds. The normalized spacial score (nSPS) is 11.2. The third-order valence-electron chi connectivity index (χ3n) is 3.22. The highest BCUT2D eigenvalue weighted by Crippen LogP contribution is 2.08. The van der Waals surface area contributed by atoms with Gasteiger partial charge in [-0.3, -0.25) is 9.58 Å². The lowest BCUT2D eigenvalue weighted by Crippen LogP contribution is -2.27. The van der Waals surface area contributed by atoms with Crippen LogP contribution in [0.5, 0.6) is 0 Å². The first-order chi connectivity index (χ1) is 9.17. The topological polar surface area (TPSA) is 47.1 Å². The summed E-state index contributed by atoms with van der Waals surface area (Å²) < 4.78 is 1.96. The van der Waals surface area contributed by atoms with E-state index >= 15 is 0 Å². The minimum absolute atomic E-state index is 0.608. The predicted molar refractivity (Wildman–Crippen MR) is 77.9 cm³/mol. The van der Waals surface area contributed by atoms with Crippen LogP contribution in [-0.2, 0) is 13.0 Å². The number of hydrogen-bond donors (Lipinski definition) is 1. The number of rotatable bonds is 6. The quantitative estimate of drug-likeness (QED) is 0.801. The highest BCUT2D eigenvalue weighted by Gasteiger charge is 2.00. The van der Waals surface area contributed by atoms with Crippen molar-refractivity contribution in [2.75, 3.05) is 20.3 Å². The van der Waals surface area contributed by atoms with E-state index in [0.29, 0.717) is 6.67 Å². The van der Waals surface area contributed by atoms with Crippen LogP contribution in [0.25, 0.3) is 0 Å². The summed E-state index contributed by atoms with van der Waals surface area (Å²) in [5.41, 5.74) is 9.38. The Hall–Kier alpha value is -1.65. The summed E-state index contributed by atoms with van der Waals surface area (Å²) in [6, 6.07) is 8.73. The minimum Gasteiger partial charge on any atom is -0.318 e. The summed E-state index contributed by atoms with van der Waals surface area (Å²) in [6.07, 6.45) is 4.98. The zero-order valence-corrected chi connectivity index (χ0v) is 11.7. The number of nitrogens with two attached hydrogens (primary N) is 1. The second kappa shape index (κ2) is 6.50. The van der Waals surface area contributed by atoms with Crippen molar-refractivity contribution in [3.63, 3.8) is 0 Å². The largest absolute Gasteiger partial charge is 0.318 e. The van der Waals surface area contributed by atoms with Gasteiger partial charge < -0.3 is 5.73 Å². The van der Waals surface area contributed by atoms with Gasteiger partial charge in [-0.2, -0.15) is 5.10 Å². The molecule has 0 aliphatic rings. The van der Waals surface area contributed by atoms with Crippen molar-refractivity contribution in [3.05, 3.63) is 53.3 Å². The van der Waals surface area contributed by atoms with Crippen LogP contribution in [0.2, 0.25) is 0 Å². The number of aryl methyl sites for hydroxylation is 1. The molecule has 2 aromatic rings. The van der Waals surface area contributed by atoms with E-state index in [1.165, 1.54) is 16.7 Å². The van der Waals surface area contributed by atoms with E-state index in [2.05, 4.69) is 47.4 Å². The van der Waals surface area contributed by atoms with E-state index in [0.717, 1.165) is 19.5 Å². The molecule has 19 heavy (non-hydrogen) atoms. The van der Waals surface area contributed by atoms with Crippen LogP contribution in [0, 0.1) is 6.92 Å². The maximum Gasteiger partial charge on any atom is 0.0659 e. The average Bonchev–Trinajstić information content (AvgIpc) is 2.83. The number of hydrogen-bond acceptors (Lipinski definition) is 3. The molecule has 1 aromatic heterocycles. The molecule has 2 N–H and O–H groups in total. The molecule has 0 radical (unpaired) electrons. The van der Waals surface area contributed by atoms with Crippen molar-refractivity contribution in [1.29, 1.82) is 0 Å². The van der Waals surface area contributed by atoms with Crippen LogP contribution < -0.4 is 5.73 Å². The second-order valence-corrected chi connectivity index (χ2v) is 5.04. The van der Waals surface area contributed by atoms with Gasteiger partial charge in [-0.25, -0.2) is 0 Å². The molecule has 102 valence electrons. The monoisotopic (exact) mass is 258 g/mol. The first kappa shape index (κ1) is 13.8. The van der Waals surface area contributed by atoms with Crippen molar-refractivity contribution < 1.29 is 0 Å². The fraction of sp³-hybridized carbons (Fsp3) is 0.400. The van der Waals surface area contributed by atoms with Gasteiger partial charge >= 0.3 is 0 Å². The molecule has 0 saturated carbocycles. The van der Waals surface area contributed by atoms with E-state index in [4.69, 9.17) is 5.73 Å². The van der Waals surface area contributed by atoms with Crippen molar-refractivity contribution in [3.8, 4) is 0 Å². The molecule has 0 spiro atoms. The molecular weight excluding hydrogens is 236 g/mol. The van der Waals surface area contributed by atoms with Crippen molar-refractivity contribution in [2.45, 2.75) is 19.9 Å². The lowest BCUT2D eigenvalue weighted by atomic mass is 10.1. The molecular formula is C15H22N4. The Bertz CT molecular complexity index is 501. The predicted octanol–water partition coefficient (Wildman–Crippen LogP) is 1.63. The van der Waals surface area contributed by atoms with Gasteiger partial charge in [-0.05, 0) is 37.1 Å². The summed E-state index contributed by atoms with van der Waals surface area (Å²) in [5, 5.41) is 4.30. The fourth-order valence-electron chi connectivity index (χ4n) is 1.96. The van der Waals surface area contributed by atoms with Gasteiger partial charge in [0.05, 0.1) is 12.7 Å². The van der Waals surface area contributed by atoms with Gasteiger partial charge in [0.1, 0.15) is 0 Å². The molecule has 0 saturated heterocycles. The van der Waals surface area contributed by atoms with Gasteiger partial charge in [0, 0.05) is 19.4 Å². The SMILES string of the molecule is Cc1cnn(Cc2ccc(CCN(C)CN)cc2)c1. The Morgan fingerprint density at radius 2 is 1.89 bits per heavy atom. The second-order valence-electron chi connectivity index (χ2n) is 5.04. The summed E-state index contributed by atoms with van der Waals surface area (Å²) in [7, 11) is 2.04. The smallest absolute Gasteiger partial charge is 0.0659 e. The molecule has 0 unspecified atom stereocenters. The van der Waals surface area contributed by atoms with Crippen LogP contribution in [0.1, 0.15) is 16.7 Å². The van der Waals surface area contributed by atoms with E-state index < -0.39 is 0 Å². The highest BCUT2D eigenvalue weighted by molar-refractivity contribution is 5.23. The van der Waals surface area contributed by atoms with Crippen LogP contribution in [0.4, 0.5) is 0 Å². The average molecular weight is 258 g/mol. The number of likely N-dealkylation sites (N-methyl/N-ethyl adjacent to an activating group) is 1. The van der Waals surface area contributed by atoms with Crippen molar-refractivity contribution >= 4 is 0 Å². The van der Waals surface area contributed by atoms with E-state index in [1.54, 1.807) is 0 Å². The summed E-state index contributed by atoms with van der Waals surface area (Å²) in [6.45, 7) is 4.49. The van der Waals surface area contributed by atoms with E-state index in [1.807, 2.05) is 17.9 Å². The van der Waals surface area contributed by atoms with Crippen LogP contribution in [-0.4, -0.2) is 34.9 Å². The zero-order chi connectivity index (χ0) is 13.7. The molecule has 2 rings (SSSR count). The van der Waals surface area contributed by atoms with Gasteiger partial charge in [0.25, 0.3) is 0 Å². The number of aromatic nitrogens is 2. The first-order valence-electron chi connectivity index (χ1n) is 6.63. The number of benzene rings is 1. The Morgan fingerprint density at radius 3 is 2.47 bits per heavy atom. The third-order valence-corrected chi connectivity index (χ3v) is 3.22. The molecule has 0 aliphatic carbocycles. The standard InChI is InChI=1S/C15H22N4/c1-13-9-17-19(10-13)11-15-5-3-14(4-6-15)7-8-18(2)12-16/h3-6,9-10H,7-8,11-12,16H2,1-2H3. The van der Waals surface area contributed by atoms with Gasteiger partial charge in [0.15, 0.2) is 0 Å². The summed E-state index contributed by atoms with van der Waals surface area (Å²) >= 11 is 0. The zero-order valence-electron chi connectivity index (χ0n) is 11.7. The Labute approximate surface area is 114 Å². The van der Waals surface area contributed by atoms with Crippen molar-refractivity contribution in [1.82, 2.24) is 14.7 Å². The third kappa shape index (κ3) is 4.19. The van der Waals surface area contributed by atoms with Gasteiger partial charge in [-0.15, -0.1) is 0 Å². The molecule has 0 bridgehead atoms. The Morgan fingerprint density at radius 1 is 1.21 bits per heavy atom. The Balaban J connectivity index is 1.91.